The van der Waals surface area contributed by atoms with Gasteiger partial charge in [-0.3, -0.25) is 18.3 Å². The lowest BCUT2D eigenvalue weighted by molar-refractivity contribution is 0.794. The summed E-state index contributed by atoms with van der Waals surface area (Å²) in [6.07, 6.45) is 3.54. The number of rotatable bonds is 3. The summed E-state index contributed by atoms with van der Waals surface area (Å²) in [6, 6.07) is 24.3. The topological polar surface area (TPSA) is 100 Å². The molecule has 0 saturated heterocycles. The number of aromatic amines is 1. The standard InChI is InChI=1S/C17H15BrN4O.C10H11IN2O.C7H5BrN2/c1-20-13-7-6-11(8-15(13)21(2)17(20)23)9-22-10-19-16-12(18)4-3-5-14(16)22;1-12-8-4-3-7(6-11)5-9(8)13(2)10(12)14;8-5-2-1-3-6-7(5)10-4-9-6/h3-8,10H,9H2,1-2H3;3-5H,6H2,1-2H3;1-4H,(H,9,10). The third kappa shape index (κ3) is 6.35. The number of benzene rings is 4. The maximum Gasteiger partial charge on any atom is 0.328 e. The molecular formula is C34H31Br2IN8O2. The minimum Gasteiger partial charge on any atom is -0.345 e. The number of hydrogen-bond donors (Lipinski definition) is 1. The Kier molecular flexibility index (Phi) is 9.58. The molecule has 0 amide bonds. The molecule has 0 unspecified atom stereocenters. The third-order valence-electron chi connectivity index (χ3n) is 8.18. The van der Waals surface area contributed by atoms with E-state index in [1.165, 1.54) is 5.56 Å². The summed E-state index contributed by atoms with van der Waals surface area (Å²) in [5, 5.41) is 0. The van der Waals surface area contributed by atoms with Gasteiger partial charge in [-0.2, -0.15) is 0 Å². The van der Waals surface area contributed by atoms with Gasteiger partial charge in [0, 0.05) is 48.1 Å². The highest BCUT2D eigenvalue weighted by atomic mass is 127. The Morgan fingerprint density at radius 2 is 1.21 bits per heavy atom. The molecule has 0 fully saturated rings. The third-order valence-corrected chi connectivity index (χ3v) is 10.3. The number of aromatic nitrogens is 8. The van der Waals surface area contributed by atoms with Crippen molar-refractivity contribution >= 4 is 98.6 Å². The van der Waals surface area contributed by atoms with Crippen molar-refractivity contribution in [3.8, 4) is 0 Å². The number of nitrogens with zero attached hydrogens (tertiary/aromatic N) is 7. The molecule has 0 atom stereocenters. The summed E-state index contributed by atoms with van der Waals surface area (Å²) in [5.74, 6) is 0. The summed E-state index contributed by atoms with van der Waals surface area (Å²) in [4.78, 5) is 35.3. The first-order chi connectivity index (χ1) is 22.6. The van der Waals surface area contributed by atoms with E-state index in [1.54, 1.807) is 45.7 Å². The van der Waals surface area contributed by atoms with Gasteiger partial charge in [0.1, 0.15) is 11.0 Å². The van der Waals surface area contributed by atoms with Crippen molar-refractivity contribution in [2.45, 2.75) is 11.0 Å². The van der Waals surface area contributed by atoms with Crippen molar-refractivity contribution in [3.05, 3.63) is 126 Å². The molecule has 0 bridgehead atoms. The summed E-state index contributed by atoms with van der Waals surface area (Å²) in [6.45, 7) is 0.714. The molecule has 0 aliphatic carbocycles. The lowest BCUT2D eigenvalue weighted by atomic mass is 10.2. The molecule has 4 heterocycles. The van der Waals surface area contributed by atoms with E-state index in [2.05, 4.69) is 104 Å². The monoisotopic (exact) mass is 868 g/mol. The van der Waals surface area contributed by atoms with Crippen molar-refractivity contribution < 1.29 is 0 Å². The zero-order chi connectivity index (χ0) is 33.4. The van der Waals surface area contributed by atoms with Crippen LogP contribution in [0, 0.1) is 0 Å². The lowest BCUT2D eigenvalue weighted by Gasteiger charge is -2.06. The van der Waals surface area contributed by atoms with Crippen molar-refractivity contribution in [2.24, 2.45) is 28.2 Å². The molecule has 0 radical (unpaired) electrons. The molecule has 0 aliphatic heterocycles. The van der Waals surface area contributed by atoms with Gasteiger partial charge in [0.05, 0.1) is 45.8 Å². The number of halogens is 3. The minimum atomic E-state index is -0.00541. The maximum absolute atomic E-state index is 12.0. The normalized spacial score (nSPS) is 11.2. The van der Waals surface area contributed by atoms with Gasteiger partial charge in [0.15, 0.2) is 0 Å². The van der Waals surface area contributed by atoms with Crippen molar-refractivity contribution in [2.75, 3.05) is 0 Å². The van der Waals surface area contributed by atoms with Crippen molar-refractivity contribution in [1.29, 1.82) is 0 Å². The Labute approximate surface area is 300 Å². The summed E-state index contributed by atoms with van der Waals surface area (Å²) >= 11 is 9.24. The number of hydrogen-bond acceptors (Lipinski definition) is 4. The second-order valence-corrected chi connectivity index (χ2v) is 13.6. The van der Waals surface area contributed by atoms with Crippen LogP contribution in [0.1, 0.15) is 11.1 Å². The van der Waals surface area contributed by atoms with Crippen LogP contribution in [0.4, 0.5) is 0 Å². The predicted molar refractivity (Wildman–Crippen MR) is 204 cm³/mol. The number of aryl methyl sites for hydroxylation is 4. The van der Waals surface area contributed by atoms with E-state index < -0.39 is 0 Å². The number of para-hydroxylation sites is 2. The first-order valence-electron chi connectivity index (χ1n) is 14.6. The second-order valence-electron chi connectivity index (χ2n) is 11.1. The number of H-pyrrole nitrogens is 1. The summed E-state index contributed by atoms with van der Waals surface area (Å²) in [7, 11) is 7.21. The number of alkyl halides is 1. The Bertz CT molecular complexity index is 2520. The van der Waals surface area contributed by atoms with E-state index in [1.807, 2.05) is 55.8 Å². The Hall–Kier alpha value is -3.95. The summed E-state index contributed by atoms with van der Waals surface area (Å²) < 4.78 is 11.8. The van der Waals surface area contributed by atoms with E-state index in [9.17, 15) is 9.59 Å². The molecule has 1 N–H and O–H groups in total. The van der Waals surface area contributed by atoms with Crippen LogP contribution >= 0.6 is 54.5 Å². The first kappa shape index (κ1) is 33.0. The van der Waals surface area contributed by atoms with E-state index in [0.29, 0.717) is 6.54 Å². The van der Waals surface area contributed by atoms with Gasteiger partial charge in [0.25, 0.3) is 0 Å². The molecule has 47 heavy (non-hydrogen) atoms. The molecule has 8 rings (SSSR count). The van der Waals surface area contributed by atoms with E-state index in [-0.39, 0.29) is 11.4 Å². The van der Waals surface area contributed by atoms with E-state index in [0.717, 1.165) is 63.1 Å². The second kappa shape index (κ2) is 13.6. The van der Waals surface area contributed by atoms with Crippen molar-refractivity contribution in [1.82, 2.24) is 37.8 Å². The molecule has 0 spiro atoms. The largest absolute Gasteiger partial charge is 0.345 e. The number of nitrogens with one attached hydrogen (secondary N) is 1. The zero-order valence-corrected chi connectivity index (χ0v) is 31.4. The first-order valence-corrected chi connectivity index (χ1v) is 17.7. The van der Waals surface area contributed by atoms with Gasteiger partial charge in [-0.05, 0) is 91.5 Å². The van der Waals surface area contributed by atoms with E-state index >= 15 is 0 Å². The van der Waals surface area contributed by atoms with Gasteiger partial charge < -0.3 is 9.55 Å². The molecule has 10 nitrogen and oxygen atoms in total. The van der Waals surface area contributed by atoms with Crippen molar-refractivity contribution in [3.63, 3.8) is 0 Å². The predicted octanol–water partition coefficient (Wildman–Crippen LogP) is 7.17. The maximum atomic E-state index is 12.0. The highest BCUT2D eigenvalue weighted by Crippen LogP contribution is 2.24. The zero-order valence-electron chi connectivity index (χ0n) is 26.1. The van der Waals surface area contributed by atoms with Gasteiger partial charge in [-0.1, -0.05) is 46.9 Å². The average Bonchev–Trinajstić information content (AvgIpc) is 3.83. The SMILES string of the molecule is Brc1cccc2[nH]cnc12.Cn1c(=O)n(C)c2cc(CI)ccc21.Cn1c(=O)n(C)c2cc(Cn3cnc4c(Br)cccc43)ccc21. The fraction of sp³-hybridized carbons (Fsp3) is 0.176. The van der Waals surface area contributed by atoms with E-state index in [4.69, 9.17) is 0 Å². The lowest BCUT2D eigenvalue weighted by Crippen LogP contribution is -2.19. The fourth-order valence-electron chi connectivity index (χ4n) is 5.59. The number of imidazole rings is 4. The van der Waals surface area contributed by atoms with Crippen LogP contribution in [0.15, 0.2) is 104 Å². The smallest absolute Gasteiger partial charge is 0.328 e. The Morgan fingerprint density at radius 1 is 0.660 bits per heavy atom. The average molecular weight is 870 g/mol. The van der Waals surface area contributed by atoms with Crippen LogP contribution in [0.5, 0.6) is 0 Å². The Morgan fingerprint density at radius 3 is 1.83 bits per heavy atom. The molecule has 4 aromatic carbocycles. The molecule has 4 aromatic heterocycles. The highest BCUT2D eigenvalue weighted by molar-refractivity contribution is 14.1. The van der Waals surface area contributed by atoms with Crippen LogP contribution in [0.25, 0.3) is 44.1 Å². The molecule has 0 aliphatic rings. The van der Waals surface area contributed by atoms with Gasteiger partial charge in [-0.25, -0.2) is 19.6 Å². The van der Waals surface area contributed by atoms with Crippen LogP contribution in [-0.4, -0.2) is 37.8 Å². The van der Waals surface area contributed by atoms with Crippen LogP contribution < -0.4 is 11.4 Å². The molecule has 240 valence electrons. The molecule has 0 saturated carbocycles. The van der Waals surface area contributed by atoms with Crippen LogP contribution in [-0.2, 0) is 39.2 Å². The molecule has 13 heteroatoms. The van der Waals surface area contributed by atoms with Gasteiger partial charge >= 0.3 is 11.4 Å². The molecular weight excluding hydrogens is 839 g/mol. The number of fused-ring (bicyclic) bond motifs is 4. The van der Waals surface area contributed by atoms with Gasteiger partial charge in [0.2, 0.25) is 0 Å². The van der Waals surface area contributed by atoms with Crippen LogP contribution in [0.3, 0.4) is 0 Å². The Balaban J connectivity index is 0.000000136. The fourth-order valence-corrected chi connectivity index (χ4v) is 6.99. The van der Waals surface area contributed by atoms with Crippen LogP contribution in [0.2, 0.25) is 0 Å². The minimum absolute atomic E-state index is 0.00541. The quantitative estimate of drug-likeness (QED) is 0.150. The highest BCUT2D eigenvalue weighted by Gasteiger charge is 2.11. The summed E-state index contributed by atoms with van der Waals surface area (Å²) in [5.41, 5.74) is 10.4. The molecule has 8 aromatic rings. The van der Waals surface area contributed by atoms with Gasteiger partial charge in [-0.15, -0.1) is 0 Å².